The molecule has 0 saturated heterocycles. The number of hydrogen-bond acceptors (Lipinski definition) is 5. The fourth-order valence-electron chi connectivity index (χ4n) is 1.48. The van der Waals surface area contributed by atoms with Crippen molar-refractivity contribution in [2.75, 3.05) is 12.4 Å². The fourth-order valence-corrected chi connectivity index (χ4v) is 1.68. The number of anilines is 1. The first-order valence-corrected chi connectivity index (χ1v) is 5.96. The molecule has 0 spiro atoms. The van der Waals surface area contributed by atoms with Crippen LogP contribution >= 0.6 is 11.6 Å². The number of nitrogens with one attached hydrogen (secondary N) is 1. The van der Waals surface area contributed by atoms with Crippen LogP contribution in [-0.2, 0) is 11.3 Å². The molecule has 0 aliphatic heterocycles. The Bertz CT molecular complexity index is 590. The first-order valence-electron chi connectivity index (χ1n) is 5.58. The predicted octanol–water partition coefficient (Wildman–Crippen LogP) is 2.53. The molecule has 1 N–H and O–H groups in total. The predicted molar refractivity (Wildman–Crippen MR) is 72.2 cm³/mol. The van der Waals surface area contributed by atoms with Gasteiger partial charge >= 0.3 is 5.97 Å². The van der Waals surface area contributed by atoms with Gasteiger partial charge in [0.25, 0.3) is 0 Å². The second kappa shape index (κ2) is 6.15. The molecule has 0 saturated carbocycles. The summed E-state index contributed by atoms with van der Waals surface area (Å²) in [4.78, 5) is 19.3. The number of carbonyl (C=O) groups is 1. The maximum absolute atomic E-state index is 11.3. The number of rotatable bonds is 4. The second-order valence-corrected chi connectivity index (χ2v) is 4.13. The number of esters is 1. The Balaban J connectivity index is 2.08. The van der Waals surface area contributed by atoms with Crippen LogP contribution in [0.2, 0.25) is 5.02 Å². The summed E-state index contributed by atoms with van der Waals surface area (Å²) < 4.78 is 4.58. The summed E-state index contributed by atoms with van der Waals surface area (Å²) in [6.45, 7) is 0.499. The number of hydrogen-bond donors (Lipinski definition) is 1. The lowest BCUT2D eigenvalue weighted by molar-refractivity contribution is 0.0593. The Kier molecular flexibility index (Phi) is 4.30. The van der Waals surface area contributed by atoms with E-state index in [0.29, 0.717) is 17.4 Å². The van der Waals surface area contributed by atoms with Crippen LogP contribution in [0.3, 0.4) is 0 Å². The van der Waals surface area contributed by atoms with E-state index in [9.17, 15) is 4.79 Å². The van der Waals surface area contributed by atoms with Gasteiger partial charge in [0.2, 0.25) is 0 Å². The Morgan fingerprint density at radius 2 is 2.16 bits per heavy atom. The molecule has 98 valence electrons. The number of nitrogens with zero attached hydrogens (tertiary/aromatic N) is 2. The fraction of sp³-hybridized carbons (Fsp3) is 0.154. The SMILES string of the molecule is COC(=O)c1cncc(NCc2ccccc2Cl)n1. The van der Waals surface area contributed by atoms with Crippen molar-refractivity contribution in [3.8, 4) is 0 Å². The third kappa shape index (κ3) is 3.42. The molecule has 5 nitrogen and oxygen atoms in total. The molecule has 0 bridgehead atoms. The Hall–Kier alpha value is -2.14. The Morgan fingerprint density at radius 1 is 1.37 bits per heavy atom. The van der Waals surface area contributed by atoms with E-state index in [1.807, 2.05) is 24.3 Å². The van der Waals surface area contributed by atoms with E-state index >= 15 is 0 Å². The first-order chi connectivity index (χ1) is 9.20. The zero-order chi connectivity index (χ0) is 13.7. The van der Waals surface area contributed by atoms with Gasteiger partial charge in [-0.25, -0.2) is 9.78 Å². The molecular weight excluding hydrogens is 266 g/mol. The molecular formula is C13H12ClN3O2. The molecule has 0 amide bonds. The number of carbonyl (C=O) groups excluding carboxylic acids is 1. The van der Waals surface area contributed by atoms with Crippen molar-refractivity contribution in [1.29, 1.82) is 0 Å². The standard InChI is InChI=1S/C13H12ClN3O2/c1-19-13(18)11-7-15-8-12(17-11)16-6-9-4-2-3-5-10(9)14/h2-5,7-8H,6H2,1H3,(H,16,17). The number of ether oxygens (including phenoxy) is 1. The van der Waals surface area contributed by atoms with Gasteiger partial charge in [-0.2, -0.15) is 0 Å². The molecule has 1 aromatic heterocycles. The van der Waals surface area contributed by atoms with E-state index in [0.717, 1.165) is 5.56 Å². The van der Waals surface area contributed by atoms with Crippen molar-refractivity contribution >= 4 is 23.4 Å². The van der Waals surface area contributed by atoms with Gasteiger partial charge in [0.15, 0.2) is 5.69 Å². The van der Waals surface area contributed by atoms with Crippen molar-refractivity contribution in [2.24, 2.45) is 0 Å². The van der Waals surface area contributed by atoms with Gasteiger partial charge in [-0.1, -0.05) is 29.8 Å². The summed E-state index contributed by atoms with van der Waals surface area (Å²) in [5.41, 5.74) is 1.10. The highest BCUT2D eigenvalue weighted by Gasteiger charge is 2.08. The van der Waals surface area contributed by atoms with E-state index in [4.69, 9.17) is 11.6 Å². The van der Waals surface area contributed by atoms with Crippen molar-refractivity contribution in [3.63, 3.8) is 0 Å². The van der Waals surface area contributed by atoms with Crippen molar-refractivity contribution < 1.29 is 9.53 Å². The quantitative estimate of drug-likeness (QED) is 0.870. The minimum absolute atomic E-state index is 0.159. The minimum Gasteiger partial charge on any atom is -0.464 e. The van der Waals surface area contributed by atoms with Crippen molar-refractivity contribution in [1.82, 2.24) is 9.97 Å². The third-order valence-corrected chi connectivity index (χ3v) is 2.82. The topological polar surface area (TPSA) is 64.1 Å². The highest BCUT2D eigenvalue weighted by Crippen LogP contribution is 2.16. The molecule has 2 aromatic rings. The highest BCUT2D eigenvalue weighted by molar-refractivity contribution is 6.31. The highest BCUT2D eigenvalue weighted by atomic mass is 35.5. The third-order valence-electron chi connectivity index (χ3n) is 2.45. The van der Waals surface area contributed by atoms with Gasteiger partial charge in [0.1, 0.15) is 5.82 Å². The molecule has 0 aliphatic rings. The van der Waals surface area contributed by atoms with Crippen LogP contribution in [0, 0.1) is 0 Å². The van der Waals surface area contributed by atoms with Crippen LogP contribution in [0.5, 0.6) is 0 Å². The smallest absolute Gasteiger partial charge is 0.358 e. The number of halogens is 1. The van der Waals surface area contributed by atoms with Crippen molar-refractivity contribution in [2.45, 2.75) is 6.54 Å². The Morgan fingerprint density at radius 3 is 2.89 bits per heavy atom. The van der Waals surface area contributed by atoms with E-state index in [1.54, 1.807) is 0 Å². The molecule has 19 heavy (non-hydrogen) atoms. The summed E-state index contributed by atoms with van der Waals surface area (Å²) in [5.74, 6) is -0.0308. The van der Waals surface area contributed by atoms with Crippen LogP contribution in [0.4, 0.5) is 5.82 Å². The van der Waals surface area contributed by atoms with E-state index in [2.05, 4.69) is 20.0 Å². The average molecular weight is 278 g/mol. The molecule has 1 heterocycles. The van der Waals surface area contributed by atoms with Crippen molar-refractivity contribution in [3.05, 3.63) is 52.9 Å². The molecule has 0 atom stereocenters. The lowest BCUT2D eigenvalue weighted by Crippen LogP contribution is -2.08. The molecule has 1 aromatic carbocycles. The normalized spacial score (nSPS) is 10.0. The van der Waals surface area contributed by atoms with Crippen LogP contribution in [0.15, 0.2) is 36.7 Å². The number of methoxy groups -OCH3 is 1. The van der Waals surface area contributed by atoms with Gasteiger partial charge in [0.05, 0.1) is 19.5 Å². The van der Waals surface area contributed by atoms with Gasteiger partial charge < -0.3 is 10.1 Å². The summed E-state index contributed by atoms with van der Waals surface area (Å²) >= 11 is 6.04. The number of aromatic nitrogens is 2. The van der Waals surface area contributed by atoms with Crippen LogP contribution in [-0.4, -0.2) is 23.0 Å². The van der Waals surface area contributed by atoms with Gasteiger partial charge in [-0.3, -0.25) is 4.98 Å². The molecule has 0 unspecified atom stereocenters. The lowest BCUT2D eigenvalue weighted by Gasteiger charge is -2.07. The van der Waals surface area contributed by atoms with E-state index in [-0.39, 0.29) is 5.69 Å². The molecule has 6 heteroatoms. The zero-order valence-corrected chi connectivity index (χ0v) is 11.0. The summed E-state index contributed by atoms with van der Waals surface area (Å²) in [6.07, 6.45) is 2.88. The summed E-state index contributed by atoms with van der Waals surface area (Å²) in [6, 6.07) is 7.49. The Labute approximate surface area is 115 Å². The van der Waals surface area contributed by atoms with E-state index in [1.165, 1.54) is 19.5 Å². The monoisotopic (exact) mass is 277 g/mol. The minimum atomic E-state index is -0.520. The maximum atomic E-state index is 11.3. The van der Waals surface area contributed by atoms with Gasteiger partial charge in [-0.05, 0) is 11.6 Å². The molecule has 0 radical (unpaired) electrons. The molecule has 2 rings (SSSR count). The van der Waals surface area contributed by atoms with E-state index < -0.39 is 5.97 Å². The largest absolute Gasteiger partial charge is 0.464 e. The maximum Gasteiger partial charge on any atom is 0.358 e. The number of benzene rings is 1. The molecule has 0 fully saturated rings. The van der Waals surface area contributed by atoms with Gasteiger partial charge in [0, 0.05) is 11.6 Å². The second-order valence-electron chi connectivity index (χ2n) is 3.73. The van der Waals surface area contributed by atoms with Crippen LogP contribution < -0.4 is 5.32 Å². The average Bonchev–Trinajstić information content (AvgIpc) is 2.46. The zero-order valence-electron chi connectivity index (χ0n) is 10.3. The summed E-state index contributed by atoms with van der Waals surface area (Å²) in [5, 5.41) is 3.73. The van der Waals surface area contributed by atoms with Crippen LogP contribution in [0.25, 0.3) is 0 Å². The lowest BCUT2D eigenvalue weighted by atomic mass is 10.2. The summed E-state index contributed by atoms with van der Waals surface area (Å²) in [7, 11) is 1.30. The van der Waals surface area contributed by atoms with Gasteiger partial charge in [-0.15, -0.1) is 0 Å². The first kappa shape index (κ1) is 13.3. The van der Waals surface area contributed by atoms with Crippen LogP contribution in [0.1, 0.15) is 16.1 Å². The molecule has 0 aliphatic carbocycles.